The minimum Gasteiger partial charge on any atom is -0.352 e. The van der Waals surface area contributed by atoms with Crippen LogP contribution in [0.15, 0.2) is 36.5 Å². The molecule has 1 aliphatic rings. The van der Waals surface area contributed by atoms with Crippen LogP contribution in [0.5, 0.6) is 0 Å². The van der Waals surface area contributed by atoms with Crippen molar-refractivity contribution in [2.24, 2.45) is 0 Å². The molecular weight excluding hydrogens is 323 g/mol. The Morgan fingerprint density at radius 3 is 2.92 bits per heavy atom. The Bertz CT molecular complexity index is 926. The van der Waals surface area contributed by atoms with Gasteiger partial charge in [-0.05, 0) is 37.6 Å². The smallest absolute Gasteiger partial charge is 0.277 e. The molecule has 1 unspecified atom stereocenters. The Balaban J connectivity index is 1.70. The van der Waals surface area contributed by atoms with Crippen molar-refractivity contribution in [3.63, 3.8) is 0 Å². The first-order chi connectivity index (χ1) is 12.1. The number of halogens is 1. The van der Waals surface area contributed by atoms with Crippen molar-refractivity contribution in [3.05, 3.63) is 47.9 Å². The van der Waals surface area contributed by atoms with E-state index in [9.17, 15) is 9.18 Å². The molecule has 25 heavy (non-hydrogen) atoms. The molecule has 1 N–H and O–H groups in total. The number of hydrogen-bond acceptors (Lipinski definition) is 5. The third-order valence-electron chi connectivity index (χ3n) is 4.21. The quantitative estimate of drug-likeness (QED) is 0.791. The highest BCUT2D eigenvalue weighted by Crippen LogP contribution is 2.21. The van der Waals surface area contributed by atoms with E-state index in [1.807, 2.05) is 4.90 Å². The van der Waals surface area contributed by atoms with E-state index in [1.165, 1.54) is 4.52 Å². The van der Waals surface area contributed by atoms with Gasteiger partial charge in [0.05, 0.1) is 12.2 Å². The summed E-state index contributed by atoms with van der Waals surface area (Å²) in [4.78, 5) is 23.0. The maximum Gasteiger partial charge on any atom is 0.277 e. The van der Waals surface area contributed by atoms with Crippen LogP contribution in [0.2, 0.25) is 0 Å². The first-order valence-electron chi connectivity index (χ1n) is 8.09. The number of carbonyl (C=O) groups is 1. The van der Waals surface area contributed by atoms with Crippen molar-refractivity contribution in [2.45, 2.75) is 19.5 Å². The number of alkyl halides is 1. The van der Waals surface area contributed by atoms with Crippen LogP contribution in [-0.2, 0) is 0 Å². The molecule has 0 saturated carbocycles. The molecule has 1 saturated heterocycles. The summed E-state index contributed by atoms with van der Waals surface area (Å²) in [6, 6.07) is 8.87. The van der Waals surface area contributed by atoms with Crippen LogP contribution in [0, 0.1) is 6.92 Å². The maximum absolute atomic E-state index is 13.5. The SMILES string of the molecule is Cc1nc2ccc(N3CCC(F)C3)nn2c1C(=O)Nc1ccccn1. The summed E-state index contributed by atoms with van der Waals surface area (Å²) in [6.45, 7) is 2.69. The molecule has 3 aromatic heterocycles. The lowest BCUT2D eigenvalue weighted by molar-refractivity contribution is 0.101. The number of aryl methyl sites for hydroxylation is 1. The van der Waals surface area contributed by atoms with Gasteiger partial charge in [-0.2, -0.15) is 0 Å². The number of imidazole rings is 1. The van der Waals surface area contributed by atoms with E-state index in [0.29, 0.717) is 48.2 Å². The van der Waals surface area contributed by atoms with Crippen molar-refractivity contribution in [1.82, 2.24) is 19.6 Å². The second-order valence-corrected chi connectivity index (χ2v) is 6.01. The molecule has 1 fully saturated rings. The zero-order chi connectivity index (χ0) is 17.4. The second kappa shape index (κ2) is 6.12. The predicted octanol–water partition coefficient (Wildman–Crippen LogP) is 2.23. The largest absolute Gasteiger partial charge is 0.352 e. The molecule has 128 valence electrons. The van der Waals surface area contributed by atoms with Gasteiger partial charge in [0.15, 0.2) is 11.3 Å². The van der Waals surface area contributed by atoms with Gasteiger partial charge in [0.2, 0.25) is 0 Å². The molecule has 0 bridgehead atoms. The Hall–Kier alpha value is -3.03. The molecule has 4 rings (SSSR count). The topological polar surface area (TPSA) is 75.4 Å². The number of rotatable bonds is 3. The number of aromatic nitrogens is 4. The normalized spacial score (nSPS) is 17.2. The molecule has 8 heteroatoms. The molecule has 0 aliphatic carbocycles. The highest BCUT2D eigenvalue weighted by molar-refractivity contribution is 6.03. The van der Waals surface area contributed by atoms with E-state index in [-0.39, 0.29) is 5.91 Å². The van der Waals surface area contributed by atoms with Crippen LogP contribution in [0.25, 0.3) is 5.65 Å². The zero-order valence-electron chi connectivity index (χ0n) is 13.7. The lowest BCUT2D eigenvalue weighted by atomic mass is 10.3. The van der Waals surface area contributed by atoms with E-state index in [1.54, 1.807) is 43.5 Å². The van der Waals surface area contributed by atoms with Crippen LogP contribution in [-0.4, -0.2) is 44.8 Å². The molecule has 0 spiro atoms. The van der Waals surface area contributed by atoms with Crippen molar-refractivity contribution >= 4 is 23.2 Å². The van der Waals surface area contributed by atoms with Gasteiger partial charge in [-0.3, -0.25) is 4.79 Å². The number of fused-ring (bicyclic) bond motifs is 1. The van der Waals surface area contributed by atoms with Crippen molar-refractivity contribution in [1.29, 1.82) is 0 Å². The first kappa shape index (κ1) is 15.5. The van der Waals surface area contributed by atoms with Crippen LogP contribution < -0.4 is 10.2 Å². The van der Waals surface area contributed by atoms with E-state index in [4.69, 9.17) is 0 Å². The van der Waals surface area contributed by atoms with Gasteiger partial charge in [-0.1, -0.05) is 6.07 Å². The standard InChI is InChI=1S/C17H17FN6O/c1-11-16(17(25)21-13-4-2-3-8-19-13)24-14(20-11)5-6-15(22-24)23-9-7-12(18)10-23/h2-6,8,12H,7,9-10H2,1H3,(H,19,21,25). The van der Waals surface area contributed by atoms with Crippen LogP contribution in [0.4, 0.5) is 16.0 Å². The highest BCUT2D eigenvalue weighted by atomic mass is 19.1. The third kappa shape index (κ3) is 2.90. The molecule has 3 aromatic rings. The predicted molar refractivity (Wildman–Crippen MR) is 91.6 cm³/mol. The Labute approximate surface area is 143 Å². The van der Waals surface area contributed by atoms with Crippen LogP contribution >= 0.6 is 0 Å². The van der Waals surface area contributed by atoms with Gasteiger partial charge < -0.3 is 10.2 Å². The molecule has 0 aromatic carbocycles. The van der Waals surface area contributed by atoms with Crippen molar-refractivity contribution in [3.8, 4) is 0 Å². The Morgan fingerprint density at radius 1 is 1.32 bits per heavy atom. The Morgan fingerprint density at radius 2 is 2.20 bits per heavy atom. The number of nitrogens with one attached hydrogen (secondary N) is 1. The second-order valence-electron chi connectivity index (χ2n) is 6.01. The summed E-state index contributed by atoms with van der Waals surface area (Å²) in [5.74, 6) is 0.757. The molecule has 0 radical (unpaired) electrons. The number of nitrogens with zero attached hydrogens (tertiary/aromatic N) is 5. The molecule has 1 atom stereocenters. The van der Waals surface area contributed by atoms with Gasteiger partial charge in [0, 0.05) is 12.7 Å². The van der Waals surface area contributed by atoms with Crippen molar-refractivity contribution in [2.75, 3.05) is 23.3 Å². The fourth-order valence-corrected chi connectivity index (χ4v) is 3.00. The van der Waals surface area contributed by atoms with Gasteiger partial charge in [0.25, 0.3) is 5.91 Å². The average molecular weight is 340 g/mol. The van der Waals surface area contributed by atoms with Gasteiger partial charge in [-0.25, -0.2) is 18.9 Å². The monoisotopic (exact) mass is 340 g/mol. The van der Waals surface area contributed by atoms with Crippen molar-refractivity contribution < 1.29 is 9.18 Å². The fourth-order valence-electron chi connectivity index (χ4n) is 3.00. The minimum atomic E-state index is -0.839. The summed E-state index contributed by atoms with van der Waals surface area (Å²) >= 11 is 0. The molecular formula is C17H17FN6O. The number of pyridine rings is 1. The first-order valence-corrected chi connectivity index (χ1v) is 8.09. The molecule has 1 aliphatic heterocycles. The van der Waals surface area contributed by atoms with E-state index < -0.39 is 6.17 Å². The number of amides is 1. The lowest BCUT2D eigenvalue weighted by Gasteiger charge is -2.16. The number of carbonyl (C=O) groups excluding carboxylic acids is 1. The lowest BCUT2D eigenvalue weighted by Crippen LogP contribution is -2.23. The third-order valence-corrected chi connectivity index (χ3v) is 4.21. The van der Waals surface area contributed by atoms with Crippen LogP contribution in [0.3, 0.4) is 0 Å². The van der Waals surface area contributed by atoms with E-state index >= 15 is 0 Å². The maximum atomic E-state index is 13.5. The van der Waals surface area contributed by atoms with E-state index in [2.05, 4.69) is 20.4 Å². The summed E-state index contributed by atoms with van der Waals surface area (Å²) < 4.78 is 15.0. The molecule has 4 heterocycles. The molecule has 7 nitrogen and oxygen atoms in total. The fraction of sp³-hybridized carbons (Fsp3) is 0.294. The number of anilines is 2. The van der Waals surface area contributed by atoms with Gasteiger partial charge in [0.1, 0.15) is 17.8 Å². The summed E-state index contributed by atoms with van der Waals surface area (Å²) in [5, 5.41) is 7.26. The summed E-state index contributed by atoms with van der Waals surface area (Å²) in [6.07, 6.45) is 1.26. The molecule has 1 amide bonds. The summed E-state index contributed by atoms with van der Waals surface area (Å²) in [7, 11) is 0. The van der Waals surface area contributed by atoms with E-state index in [0.717, 1.165) is 0 Å². The van der Waals surface area contributed by atoms with Gasteiger partial charge in [-0.15, -0.1) is 5.10 Å². The Kier molecular flexibility index (Phi) is 3.79. The minimum absolute atomic E-state index is 0.321. The number of hydrogen-bond donors (Lipinski definition) is 1. The van der Waals surface area contributed by atoms with Crippen LogP contribution in [0.1, 0.15) is 22.6 Å². The highest BCUT2D eigenvalue weighted by Gasteiger charge is 2.24. The summed E-state index contributed by atoms with van der Waals surface area (Å²) in [5.41, 5.74) is 1.49. The van der Waals surface area contributed by atoms with Gasteiger partial charge >= 0.3 is 0 Å². The average Bonchev–Trinajstić information content (AvgIpc) is 3.17. The zero-order valence-corrected chi connectivity index (χ0v) is 13.7.